The fourth-order valence-electron chi connectivity index (χ4n) is 5.31. The van der Waals surface area contributed by atoms with E-state index >= 15 is 0 Å². The van der Waals surface area contributed by atoms with E-state index < -0.39 is 0 Å². The van der Waals surface area contributed by atoms with Gasteiger partial charge in [0.2, 0.25) is 0 Å². The van der Waals surface area contributed by atoms with Crippen LogP contribution in [0, 0.1) is 17.3 Å². The van der Waals surface area contributed by atoms with Gasteiger partial charge in [0, 0.05) is 32.5 Å². The molecule has 2 aliphatic heterocycles. The van der Waals surface area contributed by atoms with Crippen LogP contribution >= 0.6 is 0 Å². The first-order valence-corrected chi connectivity index (χ1v) is 12.0. The first kappa shape index (κ1) is 22.5. The fraction of sp³-hybridized carbons (Fsp3) is 1.00. The summed E-state index contributed by atoms with van der Waals surface area (Å²) in [6, 6.07) is 0. The molecule has 1 saturated carbocycles. The van der Waals surface area contributed by atoms with Crippen LogP contribution in [-0.2, 0) is 14.2 Å². The lowest BCUT2D eigenvalue weighted by Crippen LogP contribution is -2.41. The topological polar surface area (TPSA) is 30.9 Å². The average Bonchev–Trinajstić information content (AvgIpc) is 3.31. The van der Waals surface area contributed by atoms with Crippen molar-refractivity contribution in [2.75, 3.05) is 32.8 Å². The highest BCUT2D eigenvalue weighted by molar-refractivity contribution is 4.91. The molecule has 4 heteroatoms. The third kappa shape index (κ3) is 5.50. The Morgan fingerprint density at radius 1 is 1.07 bits per heavy atom. The fourth-order valence-corrected chi connectivity index (χ4v) is 5.31. The van der Waals surface area contributed by atoms with Crippen LogP contribution in [-0.4, -0.2) is 55.7 Å². The summed E-state index contributed by atoms with van der Waals surface area (Å²) in [5, 5.41) is 0. The van der Waals surface area contributed by atoms with Gasteiger partial charge in [0.25, 0.3) is 0 Å². The smallest absolute Gasteiger partial charge is 0.168 e. The van der Waals surface area contributed by atoms with Crippen LogP contribution in [0.5, 0.6) is 0 Å². The van der Waals surface area contributed by atoms with Gasteiger partial charge in [0.1, 0.15) is 0 Å². The standard InChI is InChI=1S/C24H45NO3/c1-6-14-25(17-21-8-7-16-26-21)15-11-22-18-27-24(28-22)12-9-20(10-13-24)23(4,5)19(2)3/h19-22H,6-18H2,1-5H3. The Morgan fingerprint density at radius 2 is 1.82 bits per heavy atom. The van der Waals surface area contributed by atoms with E-state index in [1.165, 1.54) is 32.1 Å². The predicted molar refractivity (Wildman–Crippen MR) is 114 cm³/mol. The monoisotopic (exact) mass is 395 g/mol. The van der Waals surface area contributed by atoms with E-state index in [2.05, 4.69) is 39.5 Å². The second kappa shape index (κ2) is 9.76. The molecular weight excluding hydrogens is 350 g/mol. The van der Waals surface area contributed by atoms with Crippen molar-refractivity contribution < 1.29 is 14.2 Å². The molecule has 4 nitrogen and oxygen atoms in total. The lowest BCUT2D eigenvalue weighted by Gasteiger charge is -2.44. The molecule has 2 atom stereocenters. The molecule has 0 bridgehead atoms. The van der Waals surface area contributed by atoms with Gasteiger partial charge in [-0.2, -0.15) is 0 Å². The third-order valence-electron chi connectivity index (χ3n) is 7.99. The zero-order valence-electron chi connectivity index (χ0n) is 19.2. The summed E-state index contributed by atoms with van der Waals surface area (Å²) in [5.74, 6) is 1.23. The Bertz CT molecular complexity index is 464. The summed E-state index contributed by atoms with van der Waals surface area (Å²) in [4.78, 5) is 2.58. The zero-order chi connectivity index (χ0) is 20.2. The van der Waals surface area contributed by atoms with Crippen molar-refractivity contribution in [1.82, 2.24) is 4.90 Å². The number of hydrogen-bond acceptors (Lipinski definition) is 4. The van der Waals surface area contributed by atoms with E-state index in [9.17, 15) is 0 Å². The average molecular weight is 396 g/mol. The quantitative estimate of drug-likeness (QED) is 0.533. The molecule has 164 valence electrons. The molecule has 0 aromatic carbocycles. The van der Waals surface area contributed by atoms with Crippen molar-refractivity contribution in [3.05, 3.63) is 0 Å². The molecule has 0 radical (unpaired) electrons. The maximum Gasteiger partial charge on any atom is 0.168 e. The number of ether oxygens (including phenoxy) is 3. The number of hydrogen-bond donors (Lipinski definition) is 0. The van der Waals surface area contributed by atoms with Crippen LogP contribution in [0.4, 0.5) is 0 Å². The lowest BCUT2D eigenvalue weighted by atomic mass is 9.64. The van der Waals surface area contributed by atoms with Gasteiger partial charge in [0.05, 0.1) is 18.8 Å². The second-order valence-corrected chi connectivity index (χ2v) is 10.4. The molecule has 0 N–H and O–H groups in total. The SMILES string of the molecule is CCCN(CCC1COC2(CCC(C(C)(C)C(C)C)CC2)O1)CC1CCCO1. The van der Waals surface area contributed by atoms with Crippen molar-refractivity contribution in [3.63, 3.8) is 0 Å². The van der Waals surface area contributed by atoms with Crippen molar-refractivity contribution in [1.29, 1.82) is 0 Å². The first-order valence-electron chi connectivity index (χ1n) is 12.0. The van der Waals surface area contributed by atoms with Crippen LogP contribution in [0.2, 0.25) is 0 Å². The minimum atomic E-state index is -0.279. The van der Waals surface area contributed by atoms with Gasteiger partial charge in [-0.05, 0) is 62.3 Å². The molecule has 0 amide bonds. The van der Waals surface area contributed by atoms with E-state index in [0.717, 1.165) is 63.9 Å². The van der Waals surface area contributed by atoms with Gasteiger partial charge in [-0.1, -0.05) is 34.6 Å². The normalized spacial score (nSPS) is 34.2. The molecule has 3 rings (SSSR count). The Balaban J connectivity index is 1.43. The number of rotatable bonds is 9. The maximum atomic E-state index is 6.53. The molecule has 1 aliphatic carbocycles. The summed E-state index contributed by atoms with van der Waals surface area (Å²) >= 11 is 0. The van der Waals surface area contributed by atoms with Crippen LogP contribution < -0.4 is 0 Å². The molecule has 2 saturated heterocycles. The number of nitrogens with zero attached hydrogens (tertiary/aromatic N) is 1. The molecule has 2 unspecified atom stereocenters. The Hall–Kier alpha value is -0.160. The summed E-state index contributed by atoms with van der Waals surface area (Å²) in [6.07, 6.45) is 10.0. The highest BCUT2D eigenvalue weighted by Gasteiger charge is 2.47. The van der Waals surface area contributed by atoms with Crippen LogP contribution in [0.25, 0.3) is 0 Å². The zero-order valence-corrected chi connectivity index (χ0v) is 19.2. The Labute approximate surface area is 173 Å². The second-order valence-electron chi connectivity index (χ2n) is 10.4. The molecule has 0 aromatic heterocycles. The van der Waals surface area contributed by atoms with E-state index in [0.29, 0.717) is 11.5 Å². The van der Waals surface area contributed by atoms with E-state index in [-0.39, 0.29) is 11.9 Å². The van der Waals surface area contributed by atoms with Crippen LogP contribution in [0.1, 0.15) is 86.0 Å². The van der Waals surface area contributed by atoms with Crippen molar-refractivity contribution in [2.24, 2.45) is 17.3 Å². The maximum absolute atomic E-state index is 6.53. The predicted octanol–water partition coefficient (Wildman–Crippen LogP) is 5.25. The third-order valence-corrected chi connectivity index (χ3v) is 7.99. The molecule has 28 heavy (non-hydrogen) atoms. The Morgan fingerprint density at radius 3 is 2.43 bits per heavy atom. The van der Waals surface area contributed by atoms with Crippen molar-refractivity contribution in [3.8, 4) is 0 Å². The molecule has 3 aliphatic rings. The molecule has 2 heterocycles. The van der Waals surface area contributed by atoms with Crippen molar-refractivity contribution in [2.45, 2.75) is 104 Å². The minimum Gasteiger partial charge on any atom is -0.377 e. The van der Waals surface area contributed by atoms with E-state index in [1.54, 1.807) is 0 Å². The van der Waals surface area contributed by atoms with Gasteiger partial charge < -0.3 is 19.1 Å². The summed E-state index contributed by atoms with van der Waals surface area (Å²) in [6.45, 7) is 16.9. The van der Waals surface area contributed by atoms with Crippen molar-refractivity contribution >= 4 is 0 Å². The highest BCUT2D eigenvalue weighted by Crippen LogP contribution is 2.48. The minimum absolute atomic E-state index is 0.263. The summed E-state index contributed by atoms with van der Waals surface area (Å²) in [7, 11) is 0. The molecule has 3 fully saturated rings. The summed E-state index contributed by atoms with van der Waals surface area (Å²) in [5.41, 5.74) is 0.405. The summed E-state index contributed by atoms with van der Waals surface area (Å²) < 4.78 is 18.7. The van der Waals surface area contributed by atoms with Crippen LogP contribution in [0.15, 0.2) is 0 Å². The van der Waals surface area contributed by atoms with E-state index in [1.807, 2.05) is 0 Å². The molecule has 1 spiro atoms. The largest absolute Gasteiger partial charge is 0.377 e. The molecule has 0 aromatic rings. The molecular formula is C24H45NO3. The van der Waals surface area contributed by atoms with Crippen LogP contribution in [0.3, 0.4) is 0 Å². The Kier molecular flexibility index (Phi) is 7.86. The highest BCUT2D eigenvalue weighted by atomic mass is 16.7. The van der Waals surface area contributed by atoms with Gasteiger partial charge in [0.15, 0.2) is 5.79 Å². The lowest BCUT2D eigenvalue weighted by molar-refractivity contribution is -0.198. The van der Waals surface area contributed by atoms with E-state index in [4.69, 9.17) is 14.2 Å². The first-order chi connectivity index (χ1) is 13.3. The van der Waals surface area contributed by atoms with Gasteiger partial charge in [-0.15, -0.1) is 0 Å². The van der Waals surface area contributed by atoms with Gasteiger partial charge in [-0.3, -0.25) is 0 Å². The van der Waals surface area contributed by atoms with Gasteiger partial charge >= 0.3 is 0 Å². The van der Waals surface area contributed by atoms with Gasteiger partial charge in [-0.25, -0.2) is 0 Å².